The molecule has 0 radical (unpaired) electrons. The second-order valence-electron chi connectivity index (χ2n) is 10.9. The van der Waals surface area contributed by atoms with E-state index in [9.17, 15) is 19.2 Å². The van der Waals surface area contributed by atoms with Crippen molar-refractivity contribution in [3.8, 4) is 5.75 Å². The third-order valence-corrected chi connectivity index (χ3v) is 9.18. The minimum Gasteiger partial charge on any atom is -0.427 e. The van der Waals surface area contributed by atoms with Crippen molar-refractivity contribution in [3.63, 3.8) is 0 Å². The van der Waals surface area contributed by atoms with Gasteiger partial charge in [0, 0.05) is 34.4 Å². The van der Waals surface area contributed by atoms with E-state index in [2.05, 4.69) is 21.2 Å². The average Bonchev–Trinajstić information content (AvgIpc) is 3.49. The van der Waals surface area contributed by atoms with Crippen LogP contribution in [0.2, 0.25) is 0 Å². The molecule has 1 spiro atoms. The molecule has 0 bridgehead atoms. The maximum atomic E-state index is 14.8. The standard InChI is InChI=1S/C35H25BrN2O5/c1-20(39)43-25-16-12-23(13-17-25)32(41)30-29(31(40)22-10-14-24(36)15-11-22)35(27-8-4-5-9-28(27)37-34(35)42)33-26-7-3-2-6-21(26)18-19-38(30)33/h2-19,29-30,33H,1H3,(H,37,42)/t29-,30+,33+,35-/m1/s1. The molecule has 1 amide bonds. The Hall–Kier alpha value is -4.82. The molecule has 0 aliphatic carbocycles. The molecule has 7 rings (SSSR count). The number of ketones is 2. The number of hydrogen-bond donors (Lipinski definition) is 1. The van der Waals surface area contributed by atoms with Crippen molar-refractivity contribution in [2.45, 2.75) is 24.4 Å². The number of esters is 1. The molecule has 0 saturated carbocycles. The van der Waals surface area contributed by atoms with Crippen LogP contribution >= 0.6 is 15.9 Å². The number of nitrogens with zero attached hydrogens (tertiary/aromatic N) is 1. The molecule has 4 aromatic carbocycles. The summed E-state index contributed by atoms with van der Waals surface area (Å²) >= 11 is 3.44. The molecular formula is C35H25BrN2O5. The monoisotopic (exact) mass is 632 g/mol. The minimum absolute atomic E-state index is 0.297. The van der Waals surface area contributed by atoms with E-state index in [1.165, 1.54) is 6.92 Å². The number of rotatable bonds is 5. The number of Topliss-reactive ketones (excluding diaryl/α,β-unsaturated/α-hetero) is 2. The van der Waals surface area contributed by atoms with Gasteiger partial charge < -0.3 is 15.0 Å². The van der Waals surface area contributed by atoms with E-state index in [1.54, 1.807) is 48.5 Å². The number of halogens is 1. The van der Waals surface area contributed by atoms with E-state index in [0.717, 1.165) is 15.6 Å². The number of para-hydroxylation sites is 1. The van der Waals surface area contributed by atoms with Crippen LogP contribution in [0, 0.1) is 5.92 Å². The van der Waals surface area contributed by atoms with E-state index < -0.39 is 29.4 Å². The lowest BCUT2D eigenvalue weighted by molar-refractivity contribution is -0.131. The summed E-state index contributed by atoms with van der Waals surface area (Å²) in [5.74, 6) is -2.16. The molecule has 8 heteroatoms. The number of ether oxygens (including phenoxy) is 1. The summed E-state index contributed by atoms with van der Waals surface area (Å²) in [5, 5.41) is 3.06. The Balaban J connectivity index is 1.48. The summed E-state index contributed by atoms with van der Waals surface area (Å²) in [4.78, 5) is 57.3. The Morgan fingerprint density at radius 1 is 0.837 bits per heavy atom. The highest BCUT2D eigenvalue weighted by molar-refractivity contribution is 9.10. The Morgan fingerprint density at radius 2 is 1.49 bits per heavy atom. The fourth-order valence-electron chi connectivity index (χ4n) is 6.99. The fourth-order valence-corrected chi connectivity index (χ4v) is 7.25. The van der Waals surface area contributed by atoms with Gasteiger partial charge in [0.2, 0.25) is 5.91 Å². The molecule has 1 saturated heterocycles. The second-order valence-corrected chi connectivity index (χ2v) is 11.9. The highest BCUT2D eigenvalue weighted by Crippen LogP contribution is 2.62. The van der Waals surface area contributed by atoms with Crippen molar-refractivity contribution in [1.82, 2.24) is 4.90 Å². The topological polar surface area (TPSA) is 92.8 Å². The largest absolute Gasteiger partial charge is 0.427 e. The molecule has 4 atom stereocenters. The number of benzene rings is 4. The first-order chi connectivity index (χ1) is 20.8. The van der Waals surface area contributed by atoms with Crippen LogP contribution < -0.4 is 10.1 Å². The first kappa shape index (κ1) is 27.0. The molecule has 4 aromatic rings. The lowest BCUT2D eigenvalue weighted by atomic mass is 9.62. The van der Waals surface area contributed by atoms with Gasteiger partial charge in [0.1, 0.15) is 17.2 Å². The van der Waals surface area contributed by atoms with E-state index in [4.69, 9.17) is 4.74 Å². The Labute approximate surface area is 256 Å². The molecule has 1 fully saturated rings. The lowest BCUT2D eigenvalue weighted by Gasteiger charge is -2.38. The summed E-state index contributed by atoms with van der Waals surface area (Å²) < 4.78 is 5.98. The Morgan fingerprint density at radius 3 is 2.23 bits per heavy atom. The molecule has 3 aliphatic rings. The summed E-state index contributed by atoms with van der Waals surface area (Å²) in [5.41, 5.74) is 2.46. The molecule has 3 heterocycles. The average molecular weight is 633 g/mol. The van der Waals surface area contributed by atoms with Crippen molar-refractivity contribution in [3.05, 3.63) is 136 Å². The van der Waals surface area contributed by atoms with Crippen molar-refractivity contribution in [2.24, 2.45) is 5.92 Å². The predicted octanol–water partition coefficient (Wildman–Crippen LogP) is 6.36. The minimum atomic E-state index is -1.40. The van der Waals surface area contributed by atoms with Crippen LogP contribution in [0.4, 0.5) is 5.69 Å². The summed E-state index contributed by atoms with van der Waals surface area (Å²) in [6, 6.07) is 26.9. The lowest BCUT2D eigenvalue weighted by Crippen LogP contribution is -2.49. The third kappa shape index (κ3) is 4.08. The van der Waals surface area contributed by atoms with Crippen LogP contribution in [-0.2, 0) is 15.0 Å². The van der Waals surface area contributed by atoms with Gasteiger partial charge in [-0.3, -0.25) is 19.2 Å². The summed E-state index contributed by atoms with van der Waals surface area (Å²) in [7, 11) is 0. The van der Waals surface area contributed by atoms with Gasteiger partial charge >= 0.3 is 5.97 Å². The number of carbonyl (C=O) groups excluding carboxylic acids is 4. The quantitative estimate of drug-likeness (QED) is 0.156. The normalized spacial score (nSPS) is 22.9. The Kier molecular flexibility index (Phi) is 6.39. The number of fused-ring (bicyclic) bond motifs is 6. The molecule has 0 unspecified atom stereocenters. The van der Waals surface area contributed by atoms with Gasteiger partial charge in [-0.1, -0.05) is 70.5 Å². The Bertz CT molecular complexity index is 1850. The van der Waals surface area contributed by atoms with Crippen molar-refractivity contribution in [1.29, 1.82) is 0 Å². The maximum absolute atomic E-state index is 14.8. The van der Waals surface area contributed by atoms with E-state index in [0.29, 0.717) is 28.1 Å². The smallest absolute Gasteiger partial charge is 0.308 e. The van der Waals surface area contributed by atoms with Gasteiger partial charge in [0.05, 0.1) is 12.0 Å². The third-order valence-electron chi connectivity index (χ3n) is 8.65. The van der Waals surface area contributed by atoms with Crippen LogP contribution in [0.25, 0.3) is 6.08 Å². The van der Waals surface area contributed by atoms with Gasteiger partial charge in [-0.2, -0.15) is 0 Å². The van der Waals surface area contributed by atoms with Crippen LogP contribution in [0.5, 0.6) is 5.75 Å². The first-order valence-electron chi connectivity index (χ1n) is 13.9. The highest BCUT2D eigenvalue weighted by Gasteiger charge is 2.70. The molecular weight excluding hydrogens is 608 g/mol. The predicted molar refractivity (Wildman–Crippen MR) is 165 cm³/mol. The first-order valence-corrected chi connectivity index (χ1v) is 14.7. The fraction of sp³-hybridized carbons (Fsp3) is 0.143. The number of hydrogen-bond acceptors (Lipinski definition) is 6. The van der Waals surface area contributed by atoms with E-state index in [1.807, 2.05) is 65.7 Å². The molecule has 212 valence electrons. The van der Waals surface area contributed by atoms with Crippen LogP contribution in [0.15, 0.2) is 108 Å². The van der Waals surface area contributed by atoms with Gasteiger partial charge in [-0.15, -0.1) is 0 Å². The van der Waals surface area contributed by atoms with E-state index >= 15 is 0 Å². The molecule has 1 N–H and O–H groups in total. The maximum Gasteiger partial charge on any atom is 0.308 e. The van der Waals surface area contributed by atoms with Crippen LogP contribution in [0.3, 0.4) is 0 Å². The molecule has 0 aromatic heterocycles. The molecule has 3 aliphatic heterocycles. The van der Waals surface area contributed by atoms with Gasteiger partial charge in [-0.05, 0) is 65.2 Å². The van der Waals surface area contributed by atoms with E-state index in [-0.39, 0.29) is 17.5 Å². The SMILES string of the molecule is CC(=O)Oc1ccc(C(=O)[C@@H]2[C@H](C(=O)c3ccc(Br)cc3)[C@@]3(C(=O)Nc4ccccc43)[C@@H]3c4ccccc4C=CN23)cc1. The second kappa shape index (κ2) is 10.2. The molecule has 7 nitrogen and oxygen atoms in total. The highest BCUT2D eigenvalue weighted by atomic mass is 79.9. The molecule has 43 heavy (non-hydrogen) atoms. The zero-order valence-electron chi connectivity index (χ0n) is 23.0. The van der Waals surface area contributed by atoms with Gasteiger partial charge in [0.15, 0.2) is 11.6 Å². The number of amides is 1. The summed E-state index contributed by atoms with van der Waals surface area (Å²) in [6.45, 7) is 1.31. The number of nitrogens with one attached hydrogen (secondary N) is 1. The zero-order valence-corrected chi connectivity index (χ0v) is 24.6. The van der Waals surface area contributed by atoms with Gasteiger partial charge in [0.25, 0.3) is 0 Å². The summed E-state index contributed by atoms with van der Waals surface area (Å²) in [6.07, 6.45) is 3.77. The van der Waals surface area contributed by atoms with Gasteiger partial charge in [-0.25, -0.2) is 0 Å². The van der Waals surface area contributed by atoms with Crippen LogP contribution in [-0.4, -0.2) is 34.4 Å². The number of carbonyl (C=O) groups is 4. The van der Waals surface area contributed by atoms with Crippen LogP contribution in [0.1, 0.15) is 50.4 Å². The zero-order chi connectivity index (χ0) is 29.9. The van der Waals surface area contributed by atoms with Crippen molar-refractivity contribution >= 4 is 51.1 Å². The van der Waals surface area contributed by atoms with Crippen molar-refractivity contribution in [2.75, 3.05) is 5.32 Å². The van der Waals surface area contributed by atoms with Crippen molar-refractivity contribution < 1.29 is 23.9 Å². The number of anilines is 1.